The lowest BCUT2D eigenvalue weighted by atomic mass is 10.1. The maximum absolute atomic E-state index is 12.4. The molecule has 0 bridgehead atoms. The predicted octanol–water partition coefficient (Wildman–Crippen LogP) is 1.37. The molecule has 8 heteroatoms. The van der Waals surface area contributed by atoms with E-state index in [0.717, 1.165) is 0 Å². The van der Waals surface area contributed by atoms with Gasteiger partial charge in [-0.2, -0.15) is 0 Å². The van der Waals surface area contributed by atoms with Gasteiger partial charge >= 0.3 is 5.97 Å². The maximum Gasteiger partial charge on any atom is 0.328 e. The van der Waals surface area contributed by atoms with E-state index in [0.29, 0.717) is 35.7 Å². The van der Waals surface area contributed by atoms with Crippen LogP contribution in [-0.4, -0.2) is 44.5 Å². The van der Waals surface area contributed by atoms with Gasteiger partial charge in [0.2, 0.25) is 0 Å². The molecule has 2 aromatic heterocycles. The second-order valence-corrected chi connectivity index (χ2v) is 5.80. The van der Waals surface area contributed by atoms with Crippen molar-refractivity contribution in [1.29, 1.82) is 0 Å². The van der Waals surface area contributed by atoms with Crippen LogP contribution in [-0.2, 0) is 9.53 Å². The quantitative estimate of drug-likeness (QED) is 0.714. The van der Waals surface area contributed by atoms with Crippen molar-refractivity contribution in [2.75, 3.05) is 6.61 Å². The highest BCUT2D eigenvalue weighted by molar-refractivity contribution is 5.97. The molecule has 3 aromatic rings. The Balaban J connectivity index is 1.55. The SMILES string of the molecule is O=C(N[C@H]1CCOC1=O)c1cccc(-n2cc(-c3ccccn3)nn2)c1. The van der Waals surface area contributed by atoms with Crippen LogP contribution in [0.15, 0.2) is 54.9 Å². The highest BCUT2D eigenvalue weighted by atomic mass is 16.5. The average molecular weight is 349 g/mol. The molecule has 1 N–H and O–H groups in total. The molecule has 1 amide bonds. The van der Waals surface area contributed by atoms with Crippen molar-refractivity contribution in [2.24, 2.45) is 0 Å². The number of esters is 1. The summed E-state index contributed by atoms with van der Waals surface area (Å²) in [5.41, 5.74) is 2.46. The lowest BCUT2D eigenvalue weighted by Crippen LogP contribution is -2.37. The molecule has 0 radical (unpaired) electrons. The Kier molecular flexibility index (Phi) is 4.14. The Labute approximate surface area is 148 Å². The Morgan fingerprint density at radius 2 is 2.12 bits per heavy atom. The van der Waals surface area contributed by atoms with Gasteiger partial charge in [-0.25, -0.2) is 9.48 Å². The lowest BCUT2D eigenvalue weighted by Gasteiger charge is -2.09. The summed E-state index contributed by atoms with van der Waals surface area (Å²) in [5.74, 6) is -0.730. The van der Waals surface area contributed by atoms with Crippen molar-refractivity contribution >= 4 is 11.9 Å². The summed E-state index contributed by atoms with van der Waals surface area (Å²) in [4.78, 5) is 28.1. The van der Waals surface area contributed by atoms with Crippen molar-refractivity contribution in [2.45, 2.75) is 12.5 Å². The monoisotopic (exact) mass is 349 g/mol. The summed E-state index contributed by atoms with van der Waals surface area (Å²) in [7, 11) is 0. The number of hydrogen-bond acceptors (Lipinski definition) is 6. The zero-order chi connectivity index (χ0) is 17.9. The Morgan fingerprint density at radius 1 is 1.19 bits per heavy atom. The van der Waals surface area contributed by atoms with E-state index in [-0.39, 0.29) is 5.91 Å². The minimum Gasteiger partial charge on any atom is -0.464 e. The maximum atomic E-state index is 12.4. The van der Waals surface area contributed by atoms with Crippen LogP contribution in [0.2, 0.25) is 0 Å². The van der Waals surface area contributed by atoms with Crippen LogP contribution in [0.3, 0.4) is 0 Å². The van der Waals surface area contributed by atoms with Gasteiger partial charge in [0.05, 0.1) is 24.2 Å². The van der Waals surface area contributed by atoms with E-state index in [2.05, 4.69) is 20.6 Å². The fraction of sp³-hybridized carbons (Fsp3) is 0.167. The smallest absolute Gasteiger partial charge is 0.328 e. The predicted molar refractivity (Wildman–Crippen MR) is 91.4 cm³/mol. The van der Waals surface area contributed by atoms with Gasteiger partial charge in [-0.15, -0.1) is 5.10 Å². The third kappa shape index (κ3) is 3.16. The molecule has 1 saturated heterocycles. The van der Waals surface area contributed by atoms with Gasteiger partial charge in [-0.3, -0.25) is 9.78 Å². The minimum atomic E-state index is -0.590. The zero-order valence-corrected chi connectivity index (χ0v) is 13.7. The summed E-state index contributed by atoms with van der Waals surface area (Å²) in [6.45, 7) is 0.332. The molecule has 0 saturated carbocycles. The Hall–Kier alpha value is -3.55. The highest BCUT2D eigenvalue weighted by Crippen LogP contribution is 2.16. The molecule has 0 spiro atoms. The first-order chi connectivity index (χ1) is 12.7. The van der Waals surface area contributed by atoms with E-state index in [4.69, 9.17) is 4.74 Å². The van der Waals surface area contributed by atoms with Gasteiger partial charge in [0.15, 0.2) is 0 Å². The third-order valence-corrected chi connectivity index (χ3v) is 4.03. The van der Waals surface area contributed by atoms with Gasteiger partial charge in [0.1, 0.15) is 11.7 Å². The number of carbonyl (C=O) groups excluding carboxylic acids is 2. The summed E-state index contributed by atoms with van der Waals surface area (Å²) >= 11 is 0. The van der Waals surface area contributed by atoms with Crippen LogP contribution in [0.25, 0.3) is 17.1 Å². The molecular formula is C18H15N5O3. The number of nitrogens with one attached hydrogen (secondary N) is 1. The molecule has 3 heterocycles. The zero-order valence-electron chi connectivity index (χ0n) is 13.7. The van der Waals surface area contributed by atoms with E-state index in [1.165, 1.54) is 0 Å². The van der Waals surface area contributed by atoms with Crippen molar-refractivity contribution in [1.82, 2.24) is 25.3 Å². The minimum absolute atomic E-state index is 0.332. The van der Waals surface area contributed by atoms with Crippen LogP contribution in [0.5, 0.6) is 0 Å². The van der Waals surface area contributed by atoms with Crippen LogP contribution in [0.4, 0.5) is 0 Å². The fourth-order valence-electron chi connectivity index (χ4n) is 2.68. The van der Waals surface area contributed by atoms with E-state index in [1.807, 2.05) is 24.3 Å². The summed E-state index contributed by atoms with van der Waals surface area (Å²) in [6.07, 6.45) is 3.92. The summed E-state index contributed by atoms with van der Waals surface area (Å²) in [6, 6.07) is 11.9. The topological polar surface area (TPSA) is 99.0 Å². The Morgan fingerprint density at radius 3 is 2.88 bits per heavy atom. The number of cyclic esters (lactones) is 1. The second kappa shape index (κ2) is 6.75. The summed E-state index contributed by atoms with van der Waals surface area (Å²) in [5, 5.41) is 10.9. The number of rotatable bonds is 4. The lowest BCUT2D eigenvalue weighted by molar-refractivity contribution is -0.139. The van der Waals surface area contributed by atoms with Gasteiger partial charge in [0.25, 0.3) is 5.91 Å². The molecule has 8 nitrogen and oxygen atoms in total. The van der Waals surface area contributed by atoms with Crippen LogP contribution in [0.1, 0.15) is 16.8 Å². The molecule has 1 atom stereocenters. The summed E-state index contributed by atoms with van der Waals surface area (Å²) < 4.78 is 6.43. The first-order valence-electron chi connectivity index (χ1n) is 8.12. The van der Waals surface area contributed by atoms with Gasteiger partial charge < -0.3 is 10.1 Å². The van der Waals surface area contributed by atoms with Crippen molar-refractivity contribution < 1.29 is 14.3 Å². The number of nitrogens with zero attached hydrogens (tertiary/aromatic N) is 4. The van der Waals surface area contributed by atoms with Gasteiger partial charge in [-0.05, 0) is 30.3 Å². The molecule has 130 valence electrons. The number of amides is 1. The average Bonchev–Trinajstić information content (AvgIpc) is 3.32. The van der Waals surface area contributed by atoms with Crippen LogP contribution < -0.4 is 5.32 Å². The first-order valence-corrected chi connectivity index (χ1v) is 8.12. The van der Waals surface area contributed by atoms with Crippen molar-refractivity contribution in [3.05, 3.63) is 60.4 Å². The number of carbonyl (C=O) groups is 2. The molecule has 1 aliphatic heterocycles. The number of aromatic nitrogens is 4. The normalized spacial score (nSPS) is 16.3. The number of hydrogen-bond donors (Lipinski definition) is 1. The van der Waals surface area contributed by atoms with Crippen molar-refractivity contribution in [3.63, 3.8) is 0 Å². The first kappa shape index (κ1) is 15.9. The molecule has 1 aromatic carbocycles. The van der Waals surface area contributed by atoms with Gasteiger partial charge in [-0.1, -0.05) is 17.3 Å². The Bertz CT molecular complexity index is 954. The third-order valence-electron chi connectivity index (χ3n) is 4.03. The van der Waals surface area contributed by atoms with E-state index in [9.17, 15) is 9.59 Å². The molecule has 0 unspecified atom stereocenters. The molecule has 26 heavy (non-hydrogen) atoms. The van der Waals surface area contributed by atoms with Crippen molar-refractivity contribution in [3.8, 4) is 17.1 Å². The standard InChI is InChI=1S/C18H15N5O3/c24-17(20-15-7-9-26-18(15)25)12-4-3-5-13(10-12)23-11-16(21-22-23)14-6-1-2-8-19-14/h1-6,8,10-11,15H,7,9H2,(H,20,24)/t15-/m0/s1. The van der Waals surface area contributed by atoms with Crippen LogP contribution >= 0.6 is 0 Å². The fourth-order valence-corrected chi connectivity index (χ4v) is 2.68. The largest absolute Gasteiger partial charge is 0.464 e. The second-order valence-electron chi connectivity index (χ2n) is 5.80. The number of ether oxygens (including phenoxy) is 1. The molecule has 0 aliphatic carbocycles. The van der Waals surface area contributed by atoms with Gasteiger partial charge in [0, 0.05) is 18.2 Å². The molecule has 1 fully saturated rings. The number of pyridine rings is 1. The highest BCUT2D eigenvalue weighted by Gasteiger charge is 2.28. The number of benzene rings is 1. The molecular weight excluding hydrogens is 334 g/mol. The molecule has 4 rings (SSSR count). The van der Waals surface area contributed by atoms with E-state index >= 15 is 0 Å². The van der Waals surface area contributed by atoms with Crippen LogP contribution in [0, 0.1) is 0 Å². The molecule has 1 aliphatic rings. The van der Waals surface area contributed by atoms with E-state index < -0.39 is 12.0 Å². The van der Waals surface area contributed by atoms with E-state index in [1.54, 1.807) is 35.3 Å².